The van der Waals surface area contributed by atoms with Crippen molar-refractivity contribution in [1.82, 2.24) is 4.57 Å². The van der Waals surface area contributed by atoms with Gasteiger partial charge in [0.15, 0.2) is 0 Å². The maximum absolute atomic E-state index is 12.9. The van der Waals surface area contributed by atoms with E-state index in [9.17, 15) is 13.6 Å². The van der Waals surface area contributed by atoms with E-state index in [-0.39, 0.29) is 5.91 Å². The summed E-state index contributed by atoms with van der Waals surface area (Å²) in [5.74, 6) is 0.518. The van der Waals surface area contributed by atoms with Crippen LogP contribution in [0.4, 0.5) is 14.5 Å². The fourth-order valence-electron chi connectivity index (χ4n) is 3.11. The second-order valence-corrected chi connectivity index (χ2v) is 5.66. The van der Waals surface area contributed by atoms with Crippen LogP contribution in [0.3, 0.4) is 0 Å². The molecule has 0 atom stereocenters. The van der Waals surface area contributed by atoms with E-state index >= 15 is 0 Å². The van der Waals surface area contributed by atoms with E-state index in [2.05, 4.69) is 0 Å². The average molecular weight is 328 g/mol. The molecule has 4 rings (SSSR count). The molecule has 4 nitrogen and oxygen atoms in total. The van der Waals surface area contributed by atoms with Gasteiger partial charge in [0.05, 0.1) is 19.2 Å². The molecule has 122 valence electrons. The molecule has 0 saturated carbocycles. The van der Waals surface area contributed by atoms with Crippen LogP contribution in [0.2, 0.25) is 0 Å². The van der Waals surface area contributed by atoms with E-state index in [1.807, 2.05) is 12.1 Å². The van der Waals surface area contributed by atoms with Gasteiger partial charge in [0.2, 0.25) is 0 Å². The number of benzene rings is 2. The highest BCUT2D eigenvalue weighted by Gasteiger charge is 2.29. The highest BCUT2D eigenvalue weighted by molar-refractivity contribution is 6.10. The number of anilines is 1. The summed E-state index contributed by atoms with van der Waals surface area (Å²) in [6.45, 7) is -2.13. The van der Waals surface area contributed by atoms with Crippen molar-refractivity contribution in [2.24, 2.45) is 0 Å². The number of carbonyl (C=O) groups is 1. The number of aromatic nitrogens is 1. The number of fused-ring (bicyclic) bond motifs is 2. The van der Waals surface area contributed by atoms with Crippen LogP contribution in [0.5, 0.6) is 5.75 Å². The van der Waals surface area contributed by atoms with Crippen LogP contribution in [0.25, 0.3) is 10.9 Å². The minimum absolute atomic E-state index is 0.114. The zero-order chi connectivity index (χ0) is 16.8. The molecule has 0 fully saturated rings. The predicted molar refractivity (Wildman–Crippen MR) is 86.7 cm³/mol. The van der Waals surface area contributed by atoms with Gasteiger partial charge < -0.3 is 9.64 Å². The molecule has 0 N–H and O–H groups in total. The molecule has 0 bridgehead atoms. The van der Waals surface area contributed by atoms with Crippen LogP contribution >= 0.6 is 0 Å². The molecule has 0 spiro atoms. The third-order valence-corrected chi connectivity index (χ3v) is 4.35. The number of hydrogen-bond donors (Lipinski definition) is 0. The molecule has 2 aromatic carbocycles. The van der Waals surface area contributed by atoms with Gasteiger partial charge in [-0.1, -0.05) is 6.07 Å². The first-order valence-corrected chi connectivity index (χ1v) is 7.46. The normalized spacial score (nSPS) is 13.8. The standard InChI is InChI=1S/C18H14F2N2O2/c1-24-14-4-2-12-10-22(17(23)15(12)9-14)13-3-5-16-11(8-13)6-7-21(16)18(19)20/h2-9,18H,10H2,1H3. The Kier molecular flexibility index (Phi) is 3.26. The van der Waals surface area contributed by atoms with Crippen molar-refractivity contribution in [2.75, 3.05) is 12.0 Å². The highest BCUT2D eigenvalue weighted by Crippen LogP contribution is 2.33. The van der Waals surface area contributed by atoms with Gasteiger partial charge >= 0.3 is 6.55 Å². The minimum Gasteiger partial charge on any atom is -0.497 e. The SMILES string of the molecule is COc1ccc2c(c1)C(=O)N(c1ccc3c(ccn3C(F)F)c1)C2. The Balaban J connectivity index is 1.72. The van der Waals surface area contributed by atoms with Gasteiger partial charge in [0.25, 0.3) is 5.91 Å². The lowest BCUT2D eigenvalue weighted by Crippen LogP contribution is -2.22. The van der Waals surface area contributed by atoms with E-state index in [0.29, 0.717) is 34.4 Å². The summed E-state index contributed by atoms with van der Waals surface area (Å²) in [4.78, 5) is 14.3. The van der Waals surface area contributed by atoms with Crippen molar-refractivity contribution in [1.29, 1.82) is 0 Å². The van der Waals surface area contributed by atoms with Gasteiger partial charge in [-0.2, -0.15) is 8.78 Å². The lowest BCUT2D eigenvalue weighted by atomic mass is 10.1. The van der Waals surface area contributed by atoms with E-state index in [0.717, 1.165) is 10.1 Å². The van der Waals surface area contributed by atoms with E-state index < -0.39 is 6.55 Å². The number of rotatable bonds is 3. The topological polar surface area (TPSA) is 34.5 Å². The second-order valence-electron chi connectivity index (χ2n) is 5.66. The molecule has 6 heteroatoms. The number of hydrogen-bond acceptors (Lipinski definition) is 2. The molecular weight excluding hydrogens is 314 g/mol. The minimum atomic E-state index is -2.58. The molecule has 1 aliphatic rings. The molecule has 0 aliphatic carbocycles. The first-order chi connectivity index (χ1) is 11.6. The molecule has 24 heavy (non-hydrogen) atoms. The van der Waals surface area contributed by atoms with Crippen LogP contribution < -0.4 is 9.64 Å². The smallest absolute Gasteiger partial charge is 0.319 e. The molecule has 1 aliphatic heterocycles. The van der Waals surface area contributed by atoms with Crippen molar-refractivity contribution >= 4 is 22.5 Å². The number of halogens is 2. The summed E-state index contributed by atoms with van der Waals surface area (Å²) in [6, 6.07) is 12.1. The third kappa shape index (κ3) is 2.14. The first-order valence-electron chi connectivity index (χ1n) is 7.46. The number of alkyl halides is 2. The number of methoxy groups -OCH3 is 1. The lowest BCUT2D eigenvalue weighted by molar-refractivity contribution is 0.0752. The first kappa shape index (κ1) is 14.7. The van der Waals surface area contributed by atoms with Gasteiger partial charge in [-0.15, -0.1) is 0 Å². The van der Waals surface area contributed by atoms with Crippen molar-refractivity contribution in [2.45, 2.75) is 13.1 Å². The number of amides is 1. The van der Waals surface area contributed by atoms with Gasteiger partial charge in [0, 0.05) is 22.8 Å². The van der Waals surface area contributed by atoms with Crippen molar-refractivity contribution in [3.05, 3.63) is 59.8 Å². The van der Waals surface area contributed by atoms with E-state index in [1.54, 1.807) is 42.3 Å². The Bertz CT molecular complexity index is 949. The quantitative estimate of drug-likeness (QED) is 0.722. The zero-order valence-corrected chi connectivity index (χ0v) is 12.9. The fraction of sp³-hybridized carbons (Fsp3) is 0.167. The van der Waals surface area contributed by atoms with Crippen molar-refractivity contribution in [3.63, 3.8) is 0 Å². The van der Waals surface area contributed by atoms with Crippen LogP contribution in [-0.2, 0) is 6.54 Å². The Morgan fingerprint density at radius 3 is 2.71 bits per heavy atom. The van der Waals surface area contributed by atoms with Crippen molar-refractivity contribution < 1.29 is 18.3 Å². The Labute approximate surface area is 136 Å². The van der Waals surface area contributed by atoms with Crippen LogP contribution in [0.1, 0.15) is 22.5 Å². The van der Waals surface area contributed by atoms with E-state index in [1.165, 1.54) is 6.20 Å². The second kappa shape index (κ2) is 5.33. The zero-order valence-electron chi connectivity index (χ0n) is 12.9. The Morgan fingerprint density at radius 1 is 1.12 bits per heavy atom. The summed E-state index contributed by atoms with van der Waals surface area (Å²) >= 11 is 0. The van der Waals surface area contributed by atoms with Crippen LogP contribution in [-0.4, -0.2) is 17.6 Å². The largest absolute Gasteiger partial charge is 0.497 e. The number of carbonyl (C=O) groups excluding carboxylic acids is 1. The Morgan fingerprint density at radius 2 is 1.96 bits per heavy atom. The maximum atomic E-state index is 12.9. The summed E-state index contributed by atoms with van der Waals surface area (Å²) < 4.78 is 31.9. The highest BCUT2D eigenvalue weighted by atomic mass is 19.3. The Hall–Kier alpha value is -2.89. The van der Waals surface area contributed by atoms with E-state index in [4.69, 9.17) is 4.74 Å². The summed E-state index contributed by atoms with van der Waals surface area (Å²) in [6.07, 6.45) is 1.35. The molecule has 0 radical (unpaired) electrons. The third-order valence-electron chi connectivity index (χ3n) is 4.35. The van der Waals surface area contributed by atoms with Gasteiger partial charge in [-0.3, -0.25) is 9.36 Å². The van der Waals surface area contributed by atoms with Crippen LogP contribution in [0, 0.1) is 0 Å². The molecule has 1 aromatic heterocycles. The molecule has 3 aromatic rings. The number of ether oxygens (including phenoxy) is 1. The number of nitrogens with zero attached hydrogens (tertiary/aromatic N) is 2. The molecule has 2 heterocycles. The van der Waals surface area contributed by atoms with Gasteiger partial charge in [-0.05, 0) is 42.0 Å². The maximum Gasteiger partial charge on any atom is 0.319 e. The molecule has 0 unspecified atom stereocenters. The molecular formula is C18H14F2N2O2. The van der Waals surface area contributed by atoms with Gasteiger partial charge in [-0.25, -0.2) is 0 Å². The molecule has 1 amide bonds. The average Bonchev–Trinajstić information content (AvgIpc) is 3.15. The lowest BCUT2D eigenvalue weighted by Gasteiger charge is -2.16. The summed E-state index contributed by atoms with van der Waals surface area (Å²) in [7, 11) is 1.56. The molecule has 0 saturated heterocycles. The summed E-state index contributed by atoms with van der Waals surface area (Å²) in [5, 5.41) is 0.675. The van der Waals surface area contributed by atoms with Crippen molar-refractivity contribution in [3.8, 4) is 5.75 Å². The van der Waals surface area contributed by atoms with Gasteiger partial charge in [0.1, 0.15) is 5.75 Å². The summed E-state index contributed by atoms with van der Waals surface area (Å²) in [5.41, 5.74) is 2.67. The fourth-order valence-corrected chi connectivity index (χ4v) is 3.11. The van der Waals surface area contributed by atoms with Crippen LogP contribution in [0.15, 0.2) is 48.7 Å². The monoisotopic (exact) mass is 328 g/mol. The predicted octanol–water partition coefficient (Wildman–Crippen LogP) is 4.21.